The number of hydrogen-bond donors (Lipinski definition) is 1. The lowest BCUT2D eigenvalue weighted by Crippen LogP contribution is -2.29. The Balaban J connectivity index is 1.20. The number of nitrogens with zero attached hydrogens (tertiary/aromatic N) is 2. The number of nitrogens with one attached hydrogen (secondary N) is 1. The molecule has 10 heteroatoms. The summed E-state index contributed by atoms with van der Waals surface area (Å²) in [6.07, 6.45) is 0.660. The summed E-state index contributed by atoms with van der Waals surface area (Å²) >= 11 is 1.17. The number of para-hydroxylation sites is 2. The van der Waals surface area contributed by atoms with E-state index in [1.165, 1.54) is 39.9 Å². The molecule has 0 aliphatic carbocycles. The second-order valence-electron chi connectivity index (χ2n) is 8.46. The van der Waals surface area contributed by atoms with Gasteiger partial charge in [0.25, 0.3) is 15.9 Å². The highest BCUT2D eigenvalue weighted by atomic mass is 32.2. The molecule has 6 rings (SSSR count). The Morgan fingerprint density at radius 2 is 1.76 bits per heavy atom. The number of carbonyl (C=O) groups is 1. The van der Waals surface area contributed by atoms with Crippen molar-refractivity contribution in [2.75, 3.05) is 16.2 Å². The first-order chi connectivity index (χ1) is 17.9. The summed E-state index contributed by atoms with van der Waals surface area (Å²) in [5.74, 6) is -0.443. The maximum Gasteiger partial charge on any atom is 0.345 e. The summed E-state index contributed by atoms with van der Waals surface area (Å²) in [6, 6.07) is 22.1. The lowest BCUT2D eigenvalue weighted by molar-refractivity contribution is 0.102. The van der Waals surface area contributed by atoms with Crippen LogP contribution in [-0.2, 0) is 16.4 Å². The molecule has 37 heavy (non-hydrogen) atoms. The van der Waals surface area contributed by atoms with Crippen LogP contribution in [0.4, 0.5) is 10.8 Å². The summed E-state index contributed by atoms with van der Waals surface area (Å²) in [7, 11) is -3.75. The third-order valence-electron chi connectivity index (χ3n) is 6.19. The number of anilines is 2. The van der Waals surface area contributed by atoms with Gasteiger partial charge >= 0.3 is 5.63 Å². The molecule has 0 fully saturated rings. The topological polar surface area (TPSA) is 110 Å². The van der Waals surface area contributed by atoms with Crippen LogP contribution in [0.1, 0.15) is 15.9 Å². The smallest absolute Gasteiger partial charge is 0.345 e. The van der Waals surface area contributed by atoms with Crippen LogP contribution in [0.5, 0.6) is 0 Å². The highest BCUT2D eigenvalue weighted by molar-refractivity contribution is 7.92. The van der Waals surface area contributed by atoms with Gasteiger partial charge in [0, 0.05) is 22.9 Å². The van der Waals surface area contributed by atoms with Crippen molar-refractivity contribution in [3.05, 3.63) is 106 Å². The van der Waals surface area contributed by atoms with Crippen LogP contribution >= 0.6 is 11.3 Å². The summed E-state index contributed by atoms with van der Waals surface area (Å²) in [4.78, 5) is 29.7. The van der Waals surface area contributed by atoms with Gasteiger partial charge < -0.3 is 4.42 Å². The maximum absolute atomic E-state index is 13.2. The zero-order chi connectivity index (χ0) is 25.6. The van der Waals surface area contributed by atoms with Crippen LogP contribution in [0.25, 0.3) is 22.2 Å². The van der Waals surface area contributed by atoms with Crippen molar-refractivity contribution >= 4 is 49.1 Å². The molecule has 0 atom stereocenters. The predicted molar refractivity (Wildman–Crippen MR) is 143 cm³/mol. The quantitative estimate of drug-likeness (QED) is 0.324. The Morgan fingerprint density at radius 1 is 1.00 bits per heavy atom. The van der Waals surface area contributed by atoms with Gasteiger partial charge in [-0.15, -0.1) is 11.3 Å². The fourth-order valence-corrected chi connectivity index (χ4v) is 6.54. The van der Waals surface area contributed by atoms with E-state index >= 15 is 0 Å². The van der Waals surface area contributed by atoms with Gasteiger partial charge in [-0.05, 0) is 54.4 Å². The van der Waals surface area contributed by atoms with Crippen molar-refractivity contribution in [2.45, 2.75) is 11.3 Å². The fraction of sp³-hybridized carbons (Fsp3) is 0.0741. The molecule has 184 valence electrons. The molecule has 1 aliphatic heterocycles. The first-order valence-electron chi connectivity index (χ1n) is 11.4. The molecule has 3 aromatic carbocycles. The van der Waals surface area contributed by atoms with Crippen molar-refractivity contribution in [1.29, 1.82) is 0 Å². The molecule has 0 radical (unpaired) electrons. The zero-order valence-electron chi connectivity index (χ0n) is 19.2. The van der Waals surface area contributed by atoms with Crippen molar-refractivity contribution in [3.8, 4) is 11.3 Å². The minimum Gasteiger partial charge on any atom is -0.422 e. The molecule has 1 aliphatic rings. The fourth-order valence-electron chi connectivity index (χ4n) is 4.33. The summed E-state index contributed by atoms with van der Waals surface area (Å²) < 4.78 is 33.2. The Morgan fingerprint density at radius 3 is 2.59 bits per heavy atom. The van der Waals surface area contributed by atoms with Crippen LogP contribution in [-0.4, -0.2) is 25.9 Å². The lowest BCUT2D eigenvalue weighted by atomic mass is 10.1. The van der Waals surface area contributed by atoms with E-state index in [2.05, 4.69) is 10.3 Å². The second kappa shape index (κ2) is 8.99. The third-order valence-corrected chi connectivity index (χ3v) is 8.78. The van der Waals surface area contributed by atoms with Crippen molar-refractivity contribution in [2.24, 2.45) is 0 Å². The van der Waals surface area contributed by atoms with E-state index in [1.807, 2.05) is 30.3 Å². The SMILES string of the molecule is O=C(Nc1nc(-c2cc3ccccc3oc2=O)cs1)c1ccc(S(=O)(=O)N2CCc3ccccc32)cc1. The van der Waals surface area contributed by atoms with E-state index < -0.39 is 21.6 Å². The van der Waals surface area contributed by atoms with Crippen LogP contribution in [0.15, 0.2) is 98.4 Å². The summed E-state index contributed by atoms with van der Waals surface area (Å²) in [5, 5.41) is 5.44. The highest BCUT2D eigenvalue weighted by Gasteiger charge is 2.30. The molecule has 0 unspecified atom stereocenters. The molecule has 8 nitrogen and oxygen atoms in total. The zero-order valence-corrected chi connectivity index (χ0v) is 20.9. The summed E-state index contributed by atoms with van der Waals surface area (Å²) in [6.45, 7) is 0.381. The van der Waals surface area contributed by atoms with E-state index in [0.29, 0.717) is 40.6 Å². The van der Waals surface area contributed by atoms with Gasteiger partial charge in [-0.2, -0.15) is 0 Å². The second-order valence-corrected chi connectivity index (χ2v) is 11.2. The molecular weight excluding hydrogens is 510 g/mol. The molecule has 1 N–H and O–H groups in total. The van der Waals surface area contributed by atoms with Crippen molar-refractivity contribution < 1.29 is 17.6 Å². The monoisotopic (exact) mass is 529 g/mol. The number of thiazole rings is 1. The van der Waals surface area contributed by atoms with Gasteiger partial charge in [-0.25, -0.2) is 18.2 Å². The minimum atomic E-state index is -3.75. The van der Waals surface area contributed by atoms with Gasteiger partial charge in [0.1, 0.15) is 5.58 Å². The molecule has 1 amide bonds. The Kier molecular flexibility index (Phi) is 5.62. The van der Waals surface area contributed by atoms with E-state index in [-0.39, 0.29) is 10.5 Å². The normalized spacial score (nSPS) is 13.0. The number of carbonyl (C=O) groups excluding carboxylic acids is 1. The third kappa shape index (κ3) is 4.20. The Hall–Kier alpha value is -4.28. The van der Waals surface area contributed by atoms with Gasteiger partial charge in [0.05, 0.1) is 21.8 Å². The number of fused-ring (bicyclic) bond motifs is 2. The van der Waals surface area contributed by atoms with E-state index in [1.54, 1.807) is 29.6 Å². The number of rotatable bonds is 5. The standard InChI is InChI=1S/C27H19N3O5S2/c31-25(29-27-28-22(16-36-27)21-15-19-6-2-4-8-24(19)35-26(21)32)18-9-11-20(12-10-18)37(33,34)30-14-13-17-5-1-3-7-23(17)30/h1-12,15-16H,13-14H2,(H,28,29,31). The number of hydrogen-bond acceptors (Lipinski definition) is 7. The average Bonchev–Trinajstić information content (AvgIpc) is 3.56. The number of aromatic nitrogens is 1. The van der Waals surface area contributed by atoms with Crippen LogP contribution in [0.2, 0.25) is 0 Å². The Labute approximate surface area is 215 Å². The lowest BCUT2D eigenvalue weighted by Gasteiger charge is -2.19. The Bertz CT molecular complexity index is 1830. The largest absolute Gasteiger partial charge is 0.422 e. The van der Waals surface area contributed by atoms with Crippen molar-refractivity contribution in [1.82, 2.24) is 4.98 Å². The molecule has 0 saturated carbocycles. The van der Waals surface area contributed by atoms with Gasteiger partial charge in [0.15, 0.2) is 5.13 Å². The first kappa shape index (κ1) is 23.1. The van der Waals surface area contributed by atoms with E-state index in [9.17, 15) is 18.0 Å². The summed E-state index contributed by atoms with van der Waals surface area (Å²) in [5.41, 5.74) is 2.62. The minimum absolute atomic E-state index is 0.111. The van der Waals surface area contributed by atoms with Gasteiger partial charge in [0.2, 0.25) is 0 Å². The first-order valence-corrected chi connectivity index (χ1v) is 13.7. The molecule has 2 aromatic heterocycles. The highest BCUT2D eigenvalue weighted by Crippen LogP contribution is 2.33. The molecule has 0 spiro atoms. The van der Waals surface area contributed by atoms with Crippen LogP contribution < -0.4 is 15.2 Å². The predicted octanol–water partition coefficient (Wildman–Crippen LogP) is 4.92. The van der Waals surface area contributed by atoms with Gasteiger partial charge in [-0.1, -0.05) is 36.4 Å². The molecule has 3 heterocycles. The average molecular weight is 530 g/mol. The van der Waals surface area contributed by atoms with Crippen molar-refractivity contribution in [3.63, 3.8) is 0 Å². The molecule has 5 aromatic rings. The van der Waals surface area contributed by atoms with E-state index in [4.69, 9.17) is 4.42 Å². The molecular formula is C27H19N3O5S2. The van der Waals surface area contributed by atoms with Crippen LogP contribution in [0, 0.1) is 0 Å². The van der Waals surface area contributed by atoms with Crippen LogP contribution in [0.3, 0.4) is 0 Å². The van der Waals surface area contributed by atoms with Gasteiger partial charge in [-0.3, -0.25) is 14.4 Å². The maximum atomic E-state index is 13.2. The number of benzene rings is 3. The van der Waals surface area contributed by atoms with E-state index in [0.717, 1.165) is 10.9 Å². The number of amides is 1. The molecule has 0 saturated heterocycles. The molecule has 0 bridgehead atoms. The number of sulfonamides is 1.